The van der Waals surface area contributed by atoms with Crippen LogP contribution in [0.25, 0.3) is 10.9 Å². The van der Waals surface area contributed by atoms with Gasteiger partial charge in [0, 0.05) is 11.6 Å². The monoisotopic (exact) mass is 231 g/mol. The zero-order chi connectivity index (χ0) is 9.42. The second kappa shape index (κ2) is 3.33. The largest absolute Gasteiger partial charge is 0.256 e. The van der Waals surface area contributed by atoms with E-state index in [4.69, 9.17) is 34.8 Å². The first-order valence-electron chi connectivity index (χ1n) is 3.58. The summed E-state index contributed by atoms with van der Waals surface area (Å²) < 4.78 is 0. The molecule has 0 saturated heterocycles. The van der Waals surface area contributed by atoms with E-state index in [0.29, 0.717) is 15.1 Å². The van der Waals surface area contributed by atoms with Gasteiger partial charge in [-0.1, -0.05) is 34.8 Å². The van der Waals surface area contributed by atoms with Gasteiger partial charge >= 0.3 is 0 Å². The van der Waals surface area contributed by atoms with Crippen LogP contribution in [0, 0.1) is 0 Å². The Morgan fingerprint density at radius 2 is 1.62 bits per heavy atom. The van der Waals surface area contributed by atoms with Gasteiger partial charge < -0.3 is 0 Å². The third kappa shape index (κ3) is 1.60. The van der Waals surface area contributed by atoms with Crippen LogP contribution in [-0.2, 0) is 0 Å². The van der Waals surface area contributed by atoms with Crippen LogP contribution in [0.1, 0.15) is 0 Å². The molecule has 0 radical (unpaired) electrons. The van der Waals surface area contributed by atoms with Crippen molar-refractivity contribution < 1.29 is 0 Å². The predicted molar refractivity (Wildman–Crippen MR) is 56.8 cm³/mol. The maximum Gasteiger partial charge on any atom is 0.0732 e. The quantitative estimate of drug-likeness (QED) is 0.663. The Balaban J connectivity index is 2.89. The lowest BCUT2D eigenvalue weighted by Gasteiger charge is -2.01. The highest BCUT2D eigenvalue weighted by Crippen LogP contribution is 2.30. The molecule has 0 amide bonds. The van der Waals surface area contributed by atoms with E-state index >= 15 is 0 Å². The first-order chi connectivity index (χ1) is 6.18. The molecule has 1 aromatic carbocycles. The molecular formula is C9H4Cl3N. The summed E-state index contributed by atoms with van der Waals surface area (Å²) in [6.45, 7) is 0. The summed E-state index contributed by atoms with van der Waals surface area (Å²) in [5.41, 5.74) is 0.752. The van der Waals surface area contributed by atoms with Gasteiger partial charge in [-0.15, -0.1) is 0 Å². The minimum atomic E-state index is 0.490. The van der Waals surface area contributed by atoms with Gasteiger partial charge in [0.25, 0.3) is 0 Å². The van der Waals surface area contributed by atoms with Crippen LogP contribution in [0.2, 0.25) is 15.1 Å². The first kappa shape index (κ1) is 9.07. The fourth-order valence-corrected chi connectivity index (χ4v) is 1.64. The van der Waals surface area contributed by atoms with Crippen molar-refractivity contribution in [2.45, 2.75) is 0 Å². The molecule has 4 heteroatoms. The van der Waals surface area contributed by atoms with Crippen molar-refractivity contribution in [2.24, 2.45) is 0 Å². The smallest absolute Gasteiger partial charge is 0.0732 e. The van der Waals surface area contributed by atoms with Gasteiger partial charge in [0.15, 0.2) is 0 Å². The molecule has 0 N–H and O–H groups in total. The lowest BCUT2D eigenvalue weighted by Crippen LogP contribution is -1.79. The molecule has 0 unspecified atom stereocenters. The van der Waals surface area contributed by atoms with E-state index in [1.165, 1.54) is 0 Å². The van der Waals surface area contributed by atoms with Crippen LogP contribution in [0.4, 0.5) is 0 Å². The number of halogens is 3. The number of hydrogen-bond donors (Lipinski definition) is 0. The van der Waals surface area contributed by atoms with Crippen LogP contribution in [0.5, 0.6) is 0 Å². The van der Waals surface area contributed by atoms with Crippen LogP contribution in [0.3, 0.4) is 0 Å². The number of pyridine rings is 1. The standard InChI is InChI=1S/C9H4Cl3N/c10-6-1-2-13-9-4-8(12)7(11)3-5(6)9/h1-4H. The molecule has 0 saturated carbocycles. The molecule has 0 spiro atoms. The zero-order valence-corrected chi connectivity index (χ0v) is 8.66. The van der Waals surface area contributed by atoms with Crippen molar-refractivity contribution in [3.8, 4) is 0 Å². The molecule has 1 heterocycles. The highest BCUT2D eigenvalue weighted by atomic mass is 35.5. The molecule has 2 aromatic rings. The van der Waals surface area contributed by atoms with Gasteiger partial charge in [-0.2, -0.15) is 0 Å². The lowest BCUT2D eigenvalue weighted by molar-refractivity contribution is 1.41. The summed E-state index contributed by atoms with van der Waals surface area (Å²) in [6, 6.07) is 5.13. The number of aromatic nitrogens is 1. The Labute approximate surface area is 90.2 Å². The van der Waals surface area contributed by atoms with E-state index < -0.39 is 0 Å². The second-order valence-electron chi connectivity index (χ2n) is 2.58. The molecule has 0 bridgehead atoms. The summed E-state index contributed by atoms with van der Waals surface area (Å²) in [6.07, 6.45) is 1.63. The number of nitrogens with zero attached hydrogens (tertiary/aromatic N) is 1. The van der Waals surface area contributed by atoms with Gasteiger partial charge in [0.1, 0.15) is 0 Å². The summed E-state index contributed by atoms with van der Waals surface area (Å²) in [4.78, 5) is 4.12. The molecule has 2 rings (SSSR count). The fraction of sp³-hybridized carbons (Fsp3) is 0. The van der Waals surface area contributed by atoms with Crippen molar-refractivity contribution >= 4 is 45.7 Å². The third-order valence-corrected chi connectivity index (χ3v) is 2.78. The van der Waals surface area contributed by atoms with Crippen LogP contribution in [0.15, 0.2) is 24.4 Å². The topological polar surface area (TPSA) is 12.9 Å². The molecule has 66 valence electrons. The maximum absolute atomic E-state index is 5.94. The number of benzene rings is 1. The van der Waals surface area contributed by atoms with Gasteiger partial charge in [-0.3, -0.25) is 4.98 Å². The highest BCUT2D eigenvalue weighted by Gasteiger charge is 2.04. The first-order valence-corrected chi connectivity index (χ1v) is 4.71. The van der Waals surface area contributed by atoms with Crippen molar-refractivity contribution in [1.29, 1.82) is 0 Å². The third-order valence-electron chi connectivity index (χ3n) is 1.73. The number of rotatable bonds is 0. The Bertz CT molecular complexity index is 468. The molecular weight excluding hydrogens is 228 g/mol. The van der Waals surface area contributed by atoms with Crippen LogP contribution < -0.4 is 0 Å². The molecule has 0 aliphatic rings. The van der Waals surface area contributed by atoms with Gasteiger partial charge in [0.05, 0.1) is 20.6 Å². The van der Waals surface area contributed by atoms with E-state index in [9.17, 15) is 0 Å². The van der Waals surface area contributed by atoms with E-state index in [1.54, 1.807) is 24.4 Å². The minimum absolute atomic E-state index is 0.490. The normalized spacial score (nSPS) is 10.7. The summed E-state index contributed by atoms with van der Waals surface area (Å²) in [5, 5.41) is 2.43. The van der Waals surface area contributed by atoms with E-state index in [1.807, 2.05) is 0 Å². The van der Waals surface area contributed by atoms with Crippen LogP contribution >= 0.6 is 34.8 Å². The highest BCUT2D eigenvalue weighted by molar-refractivity contribution is 6.43. The molecule has 0 aliphatic carbocycles. The summed E-state index contributed by atoms with van der Waals surface area (Å²) >= 11 is 17.6. The van der Waals surface area contributed by atoms with E-state index in [-0.39, 0.29) is 0 Å². The van der Waals surface area contributed by atoms with Crippen molar-refractivity contribution in [1.82, 2.24) is 4.98 Å². The molecule has 1 nitrogen and oxygen atoms in total. The van der Waals surface area contributed by atoms with Crippen molar-refractivity contribution in [2.75, 3.05) is 0 Å². The average Bonchev–Trinajstić information content (AvgIpc) is 2.09. The molecule has 13 heavy (non-hydrogen) atoms. The fourth-order valence-electron chi connectivity index (χ4n) is 1.11. The van der Waals surface area contributed by atoms with Crippen molar-refractivity contribution in [3.05, 3.63) is 39.5 Å². The average molecular weight is 232 g/mol. The molecule has 1 aromatic heterocycles. The molecule has 0 fully saturated rings. The Morgan fingerprint density at radius 1 is 0.923 bits per heavy atom. The second-order valence-corrected chi connectivity index (χ2v) is 3.80. The van der Waals surface area contributed by atoms with Gasteiger partial charge in [-0.05, 0) is 18.2 Å². The van der Waals surface area contributed by atoms with E-state index in [2.05, 4.69) is 4.98 Å². The summed E-state index contributed by atoms with van der Waals surface area (Å²) in [7, 11) is 0. The Kier molecular flexibility index (Phi) is 2.33. The van der Waals surface area contributed by atoms with Crippen LogP contribution in [-0.4, -0.2) is 4.98 Å². The zero-order valence-electron chi connectivity index (χ0n) is 6.39. The number of fused-ring (bicyclic) bond motifs is 1. The van der Waals surface area contributed by atoms with Gasteiger partial charge in [-0.25, -0.2) is 0 Å². The number of hydrogen-bond acceptors (Lipinski definition) is 1. The molecule has 0 atom stereocenters. The SMILES string of the molecule is Clc1cc2nccc(Cl)c2cc1Cl. The summed E-state index contributed by atoms with van der Waals surface area (Å²) in [5.74, 6) is 0. The minimum Gasteiger partial charge on any atom is -0.256 e. The predicted octanol–water partition coefficient (Wildman–Crippen LogP) is 4.20. The lowest BCUT2D eigenvalue weighted by atomic mass is 10.2. The Hall–Kier alpha value is -0.500. The molecule has 0 aliphatic heterocycles. The maximum atomic E-state index is 5.94. The van der Waals surface area contributed by atoms with Gasteiger partial charge in [0.2, 0.25) is 0 Å². The Morgan fingerprint density at radius 3 is 2.38 bits per heavy atom. The van der Waals surface area contributed by atoms with E-state index in [0.717, 1.165) is 10.9 Å². The van der Waals surface area contributed by atoms with Crippen molar-refractivity contribution in [3.63, 3.8) is 0 Å².